The van der Waals surface area contributed by atoms with Gasteiger partial charge < -0.3 is 14.6 Å². The second kappa shape index (κ2) is 50.5. The van der Waals surface area contributed by atoms with E-state index < -0.39 is 28.7 Å². The molecule has 0 fully saturated rings. The number of aryl methyl sites for hydroxylation is 11. The van der Waals surface area contributed by atoms with Crippen molar-refractivity contribution in [3.8, 4) is 11.5 Å². The topological polar surface area (TPSA) is 38.7 Å². The first-order valence-corrected chi connectivity index (χ1v) is 46.6. The van der Waals surface area contributed by atoms with Gasteiger partial charge in [0.2, 0.25) is 0 Å². The summed E-state index contributed by atoms with van der Waals surface area (Å²) in [4.78, 5) is 0. The molecule has 10 aromatic rings. The molecule has 0 aliphatic carbocycles. The van der Waals surface area contributed by atoms with Crippen LogP contribution < -0.4 is 9.47 Å². The van der Waals surface area contributed by atoms with E-state index in [1.807, 2.05) is 90.9 Å². The number of benzene rings is 10. The Kier molecular flexibility index (Phi) is 46.5. The average molecular weight is 1800 g/mol. The van der Waals surface area contributed by atoms with E-state index >= 15 is 0 Å². The fourth-order valence-electron chi connectivity index (χ4n) is 13.3. The van der Waals surface area contributed by atoms with Crippen molar-refractivity contribution in [1.82, 2.24) is 0 Å². The van der Waals surface area contributed by atoms with Crippen molar-refractivity contribution in [2.45, 2.75) is 374 Å². The summed E-state index contributed by atoms with van der Waals surface area (Å²) in [5, 5.41) is 10.1. The van der Waals surface area contributed by atoms with Gasteiger partial charge in [0.15, 0.2) is 11.6 Å². The minimum absolute atomic E-state index is 0.0919. The SMILES string of the molecule is CC(C)(C)c1ccc(C(C)(C)C)cc1.CC(C)(C)c1ccccc1F.Cc1cc(F)c(C(C)(C)C)c(F)c1.Cc1ccc(C(C)(C)C)c(C)c1.Cc1ccc(C(C)(C)C)c(F)c1F.Cc1ccc(CO)c(C(C)(C)C)c1.Cc1ccc(OCC(C)(C)C)c(C)c1.Cc1cccc(C(C)(C)C)c1Cl.Cc1cccc(CCC(C)(C)C)c1.Cc1cccc(OC(C)C(C)(C)C)c1. The number of rotatable bonds is 7. The van der Waals surface area contributed by atoms with Crippen LogP contribution in [-0.4, -0.2) is 17.8 Å². The molecule has 0 saturated carbocycles. The van der Waals surface area contributed by atoms with Gasteiger partial charge in [-0.1, -0.05) is 420 Å². The van der Waals surface area contributed by atoms with Crippen LogP contribution in [0.2, 0.25) is 5.02 Å². The van der Waals surface area contributed by atoms with Crippen molar-refractivity contribution in [1.29, 1.82) is 0 Å². The van der Waals surface area contributed by atoms with E-state index in [0.29, 0.717) is 22.1 Å². The van der Waals surface area contributed by atoms with Gasteiger partial charge in [0, 0.05) is 10.6 Å². The molecule has 714 valence electrons. The predicted molar refractivity (Wildman–Crippen MR) is 554 cm³/mol. The standard InChI is InChI=1S/C14H22.2C13H20O.C13H20.C12H18O.C12H18.C11H15Cl.2C11H14F2.C10H13F/c1-13(2,3)11-7-9-12(10-8-11)14(4,5)6;1-10-6-7-12(11(2)8-10)14-9-13(3,4)5;1-10-7-6-8-12(9-10)14-11(2)13(3,4)5;1-11-6-5-7-12(10-11)8-9-13(2,3)4;1-9-5-6-10(8-13)11(7-9)12(2,3)4;1-9-6-7-11(10(2)8-9)12(3,4)5;1-8-6-5-7-9(10(8)12)11(2,3)4;1-7-5-8(12)10(9(13)6-7)11(2,3)4;1-7-5-6-8(11(2,3)4)10(13)9(7)12;1-10(2,3)8-6-4-5-7-9(8)11/h7-10H,1-6H3;6-8H,9H2,1-5H3;6-9,11H,1-5H3;5-7,10H,8-9H2,1-4H3;5-7,13H,8H2,1-4H3;6-8H,1-5H3;5-7H,1-4H3;2*5-6H,1-4H3;4-7H,1-3H3. The summed E-state index contributed by atoms with van der Waals surface area (Å²) in [5.41, 5.74) is 22.8. The number of ether oxygens (including phenoxy) is 2. The molecule has 9 heteroatoms. The molecule has 0 aliphatic rings. The molecular weight excluding hydrogens is 1620 g/mol. The fraction of sp³-hybridized carbons (Fsp3) is 0.500. The summed E-state index contributed by atoms with van der Waals surface area (Å²) in [7, 11) is 0. The Morgan fingerprint density at radius 3 is 1.13 bits per heavy atom. The molecule has 1 N–H and O–H groups in total. The van der Waals surface area contributed by atoms with Gasteiger partial charge in [0.05, 0.1) is 13.2 Å². The van der Waals surface area contributed by atoms with Crippen molar-refractivity contribution in [2.24, 2.45) is 16.2 Å². The largest absolute Gasteiger partial charge is 0.493 e. The lowest BCUT2D eigenvalue weighted by Crippen LogP contribution is -2.28. The summed E-state index contributed by atoms with van der Waals surface area (Å²) in [6.07, 6.45) is 2.69. The van der Waals surface area contributed by atoms with Crippen LogP contribution in [0.5, 0.6) is 11.5 Å². The maximum atomic E-state index is 13.4. The molecule has 0 aromatic heterocycles. The lowest BCUT2D eigenvalue weighted by molar-refractivity contribution is 0.103. The van der Waals surface area contributed by atoms with Gasteiger partial charge in [-0.3, -0.25) is 0 Å². The number of aliphatic hydroxyl groups is 1. The zero-order valence-electron chi connectivity index (χ0n) is 88.9. The second-order valence-corrected chi connectivity index (χ2v) is 47.3. The van der Waals surface area contributed by atoms with E-state index in [0.717, 1.165) is 39.8 Å². The zero-order valence-corrected chi connectivity index (χ0v) is 89.7. The molecular formula is C120H174ClF5O3. The van der Waals surface area contributed by atoms with Gasteiger partial charge in [-0.05, 0) is 268 Å². The van der Waals surface area contributed by atoms with E-state index in [9.17, 15) is 27.1 Å². The van der Waals surface area contributed by atoms with Crippen molar-refractivity contribution in [3.63, 3.8) is 0 Å². The van der Waals surface area contributed by atoms with Gasteiger partial charge in [-0.25, -0.2) is 22.0 Å². The van der Waals surface area contributed by atoms with E-state index in [1.54, 1.807) is 52.8 Å². The lowest BCUT2D eigenvalue weighted by atomic mass is 9.82. The number of hydrogen-bond donors (Lipinski definition) is 1. The van der Waals surface area contributed by atoms with Crippen LogP contribution in [-0.2, 0) is 56.3 Å². The predicted octanol–water partition coefficient (Wildman–Crippen LogP) is 36.4. The first-order chi connectivity index (χ1) is 58.4. The van der Waals surface area contributed by atoms with Crippen molar-refractivity contribution in [3.05, 3.63) is 340 Å². The molecule has 10 rings (SSSR count). The van der Waals surface area contributed by atoms with E-state index in [4.69, 9.17) is 21.1 Å². The first-order valence-electron chi connectivity index (χ1n) is 46.2. The maximum absolute atomic E-state index is 13.4. The highest BCUT2D eigenvalue weighted by atomic mass is 35.5. The zero-order chi connectivity index (χ0) is 100. The quantitative estimate of drug-likeness (QED) is 0.162. The summed E-state index contributed by atoms with van der Waals surface area (Å²) in [5.74, 6) is -0.493. The minimum atomic E-state index is -0.729. The van der Waals surface area contributed by atoms with Crippen molar-refractivity contribution in [2.75, 3.05) is 6.61 Å². The lowest BCUT2D eigenvalue weighted by Gasteiger charge is -2.28. The van der Waals surface area contributed by atoms with Crippen LogP contribution in [0.4, 0.5) is 22.0 Å². The second-order valence-electron chi connectivity index (χ2n) is 46.9. The highest BCUT2D eigenvalue weighted by Crippen LogP contribution is 2.36. The van der Waals surface area contributed by atoms with Gasteiger partial charge in [-0.15, -0.1) is 0 Å². The molecule has 0 spiro atoms. The van der Waals surface area contributed by atoms with Crippen LogP contribution in [0, 0.1) is 115 Å². The maximum Gasteiger partial charge on any atom is 0.162 e. The molecule has 0 amide bonds. The smallest absolute Gasteiger partial charge is 0.162 e. The molecule has 0 radical (unpaired) electrons. The van der Waals surface area contributed by atoms with Gasteiger partial charge >= 0.3 is 0 Å². The Morgan fingerprint density at radius 1 is 0.318 bits per heavy atom. The van der Waals surface area contributed by atoms with Gasteiger partial charge in [0.25, 0.3) is 0 Å². The highest BCUT2D eigenvalue weighted by Gasteiger charge is 2.27. The van der Waals surface area contributed by atoms with Crippen LogP contribution in [0.15, 0.2) is 194 Å². The van der Waals surface area contributed by atoms with E-state index in [1.165, 1.54) is 103 Å². The molecule has 0 heterocycles. The van der Waals surface area contributed by atoms with Crippen molar-refractivity contribution >= 4 is 11.6 Å². The van der Waals surface area contributed by atoms with Gasteiger partial charge in [-0.2, -0.15) is 0 Å². The minimum Gasteiger partial charge on any atom is -0.493 e. The molecule has 10 aromatic carbocycles. The molecule has 129 heavy (non-hydrogen) atoms. The molecule has 0 bridgehead atoms. The number of halogens is 6. The highest BCUT2D eigenvalue weighted by molar-refractivity contribution is 6.32. The van der Waals surface area contributed by atoms with E-state index in [-0.39, 0.29) is 72.8 Å². The third-order valence-electron chi connectivity index (χ3n) is 21.5. The molecule has 1 atom stereocenters. The average Bonchev–Trinajstić information content (AvgIpc) is 0.813. The Balaban J connectivity index is 0.000000717. The Morgan fingerprint density at radius 2 is 0.736 bits per heavy atom. The van der Waals surface area contributed by atoms with Crippen molar-refractivity contribution < 1.29 is 36.5 Å². The molecule has 3 nitrogen and oxygen atoms in total. The first kappa shape index (κ1) is 119. The van der Waals surface area contributed by atoms with Crippen LogP contribution in [0.3, 0.4) is 0 Å². The molecule has 0 aliphatic heterocycles. The monoisotopic (exact) mass is 1790 g/mol. The van der Waals surface area contributed by atoms with Crippen LogP contribution in [0.1, 0.15) is 353 Å². The van der Waals surface area contributed by atoms with E-state index in [2.05, 4.69) is 337 Å². The summed E-state index contributed by atoms with van der Waals surface area (Å²) >= 11 is 6.18. The fourth-order valence-corrected chi connectivity index (χ4v) is 13.7. The Bertz CT molecular complexity index is 4960. The summed E-state index contributed by atoms with van der Waals surface area (Å²) in [6, 6.07) is 64.3. The number of hydrogen-bond acceptors (Lipinski definition) is 3. The van der Waals surface area contributed by atoms with Crippen LogP contribution >= 0.6 is 11.6 Å². The Labute approximate surface area is 790 Å². The normalized spacial score (nSPS) is 12.1. The summed E-state index contributed by atoms with van der Waals surface area (Å²) in [6.45, 7) is 93.4. The third kappa shape index (κ3) is 45.6. The third-order valence-corrected chi connectivity index (χ3v) is 22.0. The van der Waals surface area contributed by atoms with Gasteiger partial charge in [0.1, 0.15) is 35.1 Å². The summed E-state index contributed by atoms with van der Waals surface area (Å²) < 4.78 is 78.0. The number of aliphatic hydroxyl groups excluding tert-OH is 1. The molecule has 1 unspecified atom stereocenters. The van der Waals surface area contributed by atoms with Crippen LogP contribution in [0.25, 0.3) is 0 Å². The Hall–Kier alpha value is -8.30. The molecule has 0 saturated heterocycles.